The molecule has 1 aromatic rings. The minimum atomic E-state index is -5.72. The Morgan fingerprint density at radius 3 is 1.39 bits per heavy atom. The van der Waals surface area contributed by atoms with E-state index >= 15 is 30.9 Å². The molecule has 2 unspecified atom stereocenters. The van der Waals surface area contributed by atoms with E-state index in [0.29, 0.717) is 5.30 Å². The zero-order valence-corrected chi connectivity index (χ0v) is 46.6. The van der Waals surface area contributed by atoms with Crippen LogP contribution in [0.15, 0.2) is 30.3 Å². The lowest BCUT2D eigenvalue weighted by molar-refractivity contribution is -0.414. The lowest BCUT2D eigenvalue weighted by Crippen LogP contribution is -2.73. The molecule has 0 saturated carbocycles. The summed E-state index contributed by atoms with van der Waals surface area (Å²) < 4.78 is 145. The second-order valence-electron chi connectivity index (χ2n) is 24.4. The summed E-state index contributed by atoms with van der Waals surface area (Å²) in [5, 5.41) is -4.87. The van der Waals surface area contributed by atoms with Crippen molar-refractivity contribution in [3.8, 4) is 0 Å². The molecule has 0 aliphatic heterocycles. The van der Waals surface area contributed by atoms with Gasteiger partial charge in [0.2, 0.25) is 0 Å². The Labute approximate surface area is 381 Å². The molecule has 0 aliphatic carbocycles. The third-order valence-corrected chi connectivity index (χ3v) is 28.8. The number of benzene rings is 1. The van der Waals surface area contributed by atoms with Gasteiger partial charge in [-0.2, -0.15) is 38.1 Å². The predicted octanol–water partition coefficient (Wildman–Crippen LogP) is 15.9. The van der Waals surface area contributed by atoms with Crippen molar-refractivity contribution >= 4 is 42.6 Å². The lowest BCUT2D eigenvalue weighted by atomic mass is 9.45. The Bertz CT molecular complexity index is 1850. The summed E-state index contributed by atoms with van der Waals surface area (Å²) in [6.45, 7) is 40.8. The van der Waals surface area contributed by atoms with Crippen molar-refractivity contribution in [3.05, 3.63) is 30.3 Å². The molecule has 0 heterocycles. The number of sulfone groups is 1. The molecule has 62 heavy (non-hydrogen) atoms. The van der Waals surface area contributed by atoms with Gasteiger partial charge in [-0.3, -0.25) is 0 Å². The van der Waals surface area contributed by atoms with E-state index in [1.807, 2.05) is 62.3 Å². The number of alkyl halides is 6. The number of thioether (sulfide) groups is 1. The van der Waals surface area contributed by atoms with Crippen LogP contribution < -0.4 is 5.30 Å². The molecule has 0 spiro atoms. The number of ether oxygens (including phenoxy) is 1. The minimum absolute atomic E-state index is 0.116. The van der Waals surface area contributed by atoms with E-state index in [4.69, 9.17) is 4.74 Å². The molecule has 0 aromatic heterocycles. The Balaban J connectivity index is 4.20. The van der Waals surface area contributed by atoms with Crippen LogP contribution >= 0.6 is 27.5 Å². The quantitative estimate of drug-likeness (QED) is 0.102. The van der Waals surface area contributed by atoms with Gasteiger partial charge in [-0.1, -0.05) is 141 Å². The molecule has 14 heteroatoms. The van der Waals surface area contributed by atoms with Crippen molar-refractivity contribution in [1.82, 2.24) is 0 Å². The summed E-state index contributed by atoms with van der Waals surface area (Å²) in [7, 11) is -8.34. The van der Waals surface area contributed by atoms with Gasteiger partial charge in [0.15, 0.2) is 15.3 Å². The van der Waals surface area contributed by atoms with E-state index in [2.05, 4.69) is 0 Å². The van der Waals surface area contributed by atoms with E-state index in [9.17, 15) is 8.42 Å². The zero-order valence-electron chi connectivity index (χ0n) is 43.0. The molecule has 0 saturated heterocycles. The van der Waals surface area contributed by atoms with E-state index in [1.54, 1.807) is 85.7 Å². The van der Waals surface area contributed by atoms with Gasteiger partial charge in [0.25, 0.3) is 0 Å². The van der Waals surface area contributed by atoms with Crippen molar-refractivity contribution in [2.45, 2.75) is 250 Å². The van der Waals surface area contributed by atoms with E-state index in [-0.39, 0.29) is 18.1 Å². The van der Waals surface area contributed by atoms with Crippen LogP contribution in [-0.2, 0) is 19.1 Å². The van der Waals surface area contributed by atoms with Gasteiger partial charge < -0.3 is 9.30 Å². The summed E-state index contributed by atoms with van der Waals surface area (Å²) in [6, 6.07) is 8.87. The molecule has 0 fully saturated rings. The smallest absolute Gasteiger partial charge is 0.368 e. The molecule has 366 valence electrons. The van der Waals surface area contributed by atoms with Crippen molar-refractivity contribution < 1.29 is 44.1 Å². The Morgan fingerprint density at radius 1 is 0.629 bits per heavy atom. The zero-order chi connectivity index (χ0) is 50.2. The second kappa shape index (κ2) is 17.4. The Hall–Kier alpha value is -0.280. The Kier molecular flexibility index (Phi) is 16.7. The van der Waals surface area contributed by atoms with Crippen LogP contribution in [0.1, 0.15) is 186 Å². The summed E-state index contributed by atoms with van der Waals surface area (Å²) in [6.07, 6.45) is -11.1. The van der Waals surface area contributed by atoms with Crippen LogP contribution in [-0.4, -0.2) is 72.1 Å². The summed E-state index contributed by atoms with van der Waals surface area (Å²) >= 11 is 1.10. The van der Waals surface area contributed by atoms with Gasteiger partial charge in [-0.25, -0.2) is 8.42 Å². The Morgan fingerprint density at radius 2 is 1.03 bits per heavy atom. The standard InChI is InChI=1S/C48H86F6O4P2S2/c1-33(2)61-44(22,23)39(12,13)46(47(49,50)51,48(52,53)54)38(10,11)41(16,17)59-42(18,19)43(20,21)60(55,34-29-27-26-28-30-34)36(6,7)31-32-37(8,9)62(56,57)45(24,25)40(14,15)58-35(3,4)5/h26-30,33,59H,31-32H2,1-25H3. The fourth-order valence-corrected chi connectivity index (χ4v) is 22.1. The maximum absolute atomic E-state index is 16.7. The first-order valence-corrected chi connectivity index (χ1v) is 26.9. The van der Waals surface area contributed by atoms with E-state index < -0.39 is 100 Å². The summed E-state index contributed by atoms with van der Waals surface area (Å²) in [5.41, 5.74) is -10.8. The lowest BCUT2D eigenvalue weighted by Gasteiger charge is -2.66. The number of halogens is 6. The highest BCUT2D eigenvalue weighted by atomic mass is 32.2. The predicted molar refractivity (Wildman–Crippen MR) is 258 cm³/mol. The van der Waals surface area contributed by atoms with Crippen molar-refractivity contribution in [3.63, 3.8) is 0 Å². The first-order valence-electron chi connectivity index (χ1n) is 21.8. The normalized spacial score (nSPS) is 17.3. The van der Waals surface area contributed by atoms with Gasteiger partial charge >= 0.3 is 12.4 Å². The third kappa shape index (κ3) is 9.70. The van der Waals surface area contributed by atoms with Gasteiger partial charge in [0, 0.05) is 25.8 Å². The summed E-state index contributed by atoms with van der Waals surface area (Å²) in [5.74, 6) is 0. The van der Waals surface area contributed by atoms with Crippen LogP contribution in [0.2, 0.25) is 0 Å². The molecule has 1 rings (SSSR count). The van der Waals surface area contributed by atoms with Gasteiger partial charge in [-0.05, 0) is 96.1 Å². The highest BCUT2D eigenvalue weighted by Gasteiger charge is 2.85. The van der Waals surface area contributed by atoms with E-state index in [0.717, 1.165) is 39.5 Å². The first-order chi connectivity index (χ1) is 26.6. The molecule has 0 bridgehead atoms. The number of hydrogen-bond donors (Lipinski definition) is 0. The topological polar surface area (TPSA) is 60.4 Å². The molecular weight excluding hydrogens is 881 g/mol. The first kappa shape index (κ1) is 59.7. The van der Waals surface area contributed by atoms with Crippen LogP contribution in [0, 0.1) is 16.2 Å². The van der Waals surface area contributed by atoms with Crippen LogP contribution in [0.5, 0.6) is 0 Å². The number of rotatable bonds is 19. The van der Waals surface area contributed by atoms with Crippen molar-refractivity contribution in [2.75, 3.05) is 0 Å². The number of hydrogen-bond acceptors (Lipinski definition) is 5. The average Bonchev–Trinajstić information content (AvgIpc) is 2.99. The molecule has 0 N–H and O–H groups in total. The van der Waals surface area contributed by atoms with Crippen LogP contribution in [0.3, 0.4) is 0 Å². The largest absolute Gasteiger partial charge is 0.404 e. The molecule has 4 nitrogen and oxygen atoms in total. The molecule has 0 aliphatic rings. The minimum Gasteiger partial charge on any atom is -0.368 e. The maximum Gasteiger partial charge on any atom is 0.404 e. The average molecular weight is 967 g/mol. The van der Waals surface area contributed by atoms with Gasteiger partial charge in [0.1, 0.15) is 7.14 Å². The highest BCUT2D eigenvalue weighted by Crippen LogP contribution is 2.79. The van der Waals surface area contributed by atoms with Gasteiger partial charge in [-0.15, -0.1) is 8.58 Å². The molecule has 0 radical (unpaired) electrons. The second-order valence-corrected chi connectivity index (χ2v) is 36.5. The monoisotopic (exact) mass is 967 g/mol. The fourth-order valence-electron chi connectivity index (χ4n) is 10.4. The third-order valence-electron chi connectivity index (χ3n) is 16.0. The van der Waals surface area contributed by atoms with Crippen molar-refractivity contribution in [2.24, 2.45) is 16.2 Å². The van der Waals surface area contributed by atoms with Gasteiger partial charge in [0.05, 0.1) is 20.7 Å². The SMILES string of the molecule is CC(C)SC(C)(C)C(C)(C)C(C(F)(F)F)(C(F)(F)F)C(C)(C)C(C)(C)PC(C)(C)C(C)(C)P(=O)(c1ccccc1)C(C)(C)CCC(C)(C)S(=O)(=O)C(C)(C)C(C)(C)OC(C)(C)C. The maximum atomic E-state index is 16.7. The molecule has 2 atom stereocenters. The highest BCUT2D eigenvalue weighted by molar-refractivity contribution is 8.01. The molecule has 1 aromatic carbocycles. The fraction of sp³-hybridized carbons (Fsp3) is 0.875. The van der Waals surface area contributed by atoms with Crippen LogP contribution in [0.4, 0.5) is 26.3 Å². The molecular formula is C48H86F6O4P2S2. The molecule has 0 amide bonds. The van der Waals surface area contributed by atoms with Crippen LogP contribution in [0.25, 0.3) is 0 Å². The summed E-state index contributed by atoms with van der Waals surface area (Å²) in [4.78, 5) is 0. The van der Waals surface area contributed by atoms with Crippen molar-refractivity contribution in [1.29, 1.82) is 0 Å². The van der Waals surface area contributed by atoms with E-state index in [1.165, 1.54) is 27.7 Å².